The number of piperazine rings is 1. The zero-order valence-corrected chi connectivity index (χ0v) is 10.6. The topological polar surface area (TPSA) is 26.7 Å². The van der Waals surface area contributed by atoms with Crippen molar-refractivity contribution >= 4 is 0 Å². The second-order valence-electron chi connectivity index (χ2n) is 5.59. The van der Waals surface area contributed by atoms with Gasteiger partial charge < -0.3 is 14.9 Å². The molecule has 1 N–H and O–H groups in total. The minimum atomic E-state index is 0.386. The Balaban J connectivity index is 1.77. The van der Waals surface area contributed by atoms with Crippen molar-refractivity contribution in [2.45, 2.75) is 25.7 Å². The van der Waals surface area contributed by atoms with Gasteiger partial charge in [-0.2, -0.15) is 0 Å². The Labute approximate surface area is 99.4 Å². The van der Waals surface area contributed by atoms with E-state index in [2.05, 4.69) is 16.8 Å². The fourth-order valence-corrected chi connectivity index (χ4v) is 3.15. The van der Waals surface area contributed by atoms with Gasteiger partial charge in [-0.15, -0.1) is 0 Å². The molecule has 16 heavy (non-hydrogen) atoms. The average molecular weight is 226 g/mol. The Morgan fingerprint density at radius 1 is 1.12 bits per heavy atom. The highest BCUT2D eigenvalue weighted by molar-refractivity contribution is 4.79. The van der Waals surface area contributed by atoms with E-state index in [1.165, 1.54) is 51.9 Å². The monoisotopic (exact) mass is 226 g/mol. The second-order valence-corrected chi connectivity index (χ2v) is 5.59. The summed E-state index contributed by atoms with van der Waals surface area (Å²) in [5.41, 5.74) is 0. The number of hydrogen-bond acceptors (Lipinski definition) is 3. The van der Waals surface area contributed by atoms with Crippen LogP contribution in [0.2, 0.25) is 0 Å². The molecule has 2 aliphatic rings. The van der Waals surface area contributed by atoms with Gasteiger partial charge in [0.15, 0.2) is 0 Å². The van der Waals surface area contributed by atoms with Gasteiger partial charge in [-0.1, -0.05) is 25.7 Å². The fourth-order valence-electron chi connectivity index (χ4n) is 3.15. The van der Waals surface area contributed by atoms with Crippen LogP contribution < -0.4 is 0 Å². The summed E-state index contributed by atoms with van der Waals surface area (Å²) in [5.74, 6) is 1.33. The molecule has 0 bridgehead atoms. The molecule has 3 nitrogen and oxygen atoms in total. The fraction of sp³-hybridized carbons (Fsp3) is 1.00. The minimum Gasteiger partial charge on any atom is -0.396 e. The summed E-state index contributed by atoms with van der Waals surface area (Å²) >= 11 is 0. The zero-order valence-electron chi connectivity index (χ0n) is 10.6. The summed E-state index contributed by atoms with van der Waals surface area (Å²) in [5, 5.41) is 9.53. The average Bonchev–Trinajstić information content (AvgIpc) is 2.82. The van der Waals surface area contributed by atoms with Crippen LogP contribution in [0.4, 0.5) is 0 Å². The van der Waals surface area contributed by atoms with Crippen LogP contribution in [0.3, 0.4) is 0 Å². The van der Waals surface area contributed by atoms with Crippen LogP contribution in [-0.4, -0.2) is 61.3 Å². The first-order valence-corrected chi connectivity index (χ1v) is 6.81. The molecule has 1 saturated carbocycles. The lowest BCUT2D eigenvalue weighted by Crippen LogP contribution is -2.47. The Kier molecular flexibility index (Phi) is 4.62. The highest BCUT2D eigenvalue weighted by atomic mass is 16.3. The van der Waals surface area contributed by atoms with E-state index < -0.39 is 0 Å². The highest BCUT2D eigenvalue weighted by Crippen LogP contribution is 2.31. The van der Waals surface area contributed by atoms with Crippen LogP contribution in [0.5, 0.6) is 0 Å². The van der Waals surface area contributed by atoms with Gasteiger partial charge >= 0.3 is 0 Å². The first kappa shape index (κ1) is 12.3. The molecule has 2 rings (SSSR count). The van der Waals surface area contributed by atoms with Crippen molar-refractivity contribution in [1.29, 1.82) is 0 Å². The first-order chi connectivity index (χ1) is 7.79. The van der Waals surface area contributed by atoms with Crippen LogP contribution in [0.15, 0.2) is 0 Å². The van der Waals surface area contributed by atoms with Gasteiger partial charge in [-0.05, 0) is 18.9 Å². The van der Waals surface area contributed by atoms with E-state index in [-0.39, 0.29) is 0 Å². The molecule has 1 heterocycles. The van der Waals surface area contributed by atoms with Gasteiger partial charge in [0.25, 0.3) is 0 Å². The Bertz CT molecular complexity index is 196. The maximum atomic E-state index is 9.53. The molecule has 1 saturated heterocycles. The molecule has 1 aliphatic heterocycles. The molecule has 0 aromatic carbocycles. The Hall–Kier alpha value is -0.120. The van der Waals surface area contributed by atoms with Crippen LogP contribution in [0.25, 0.3) is 0 Å². The van der Waals surface area contributed by atoms with Gasteiger partial charge in [0.1, 0.15) is 0 Å². The molecule has 94 valence electrons. The third-order valence-electron chi connectivity index (χ3n) is 4.39. The van der Waals surface area contributed by atoms with E-state index in [1.54, 1.807) is 0 Å². The van der Waals surface area contributed by atoms with E-state index >= 15 is 0 Å². The zero-order chi connectivity index (χ0) is 11.4. The molecule has 0 spiro atoms. The smallest absolute Gasteiger partial charge is 0.0474 e. The third kappa shape index (κ3) is 3.19. The molecule has 1 aliphatic carbocycles. The number of likely N-dealkylation sites (N-methyl/N-ethyl adjacent to an activating group) is 1. The van der Waals surface area contributed by atoms with Crippen LogP contribution in [-0.2, 0) is 0 Å². The number of hydrogen-bond donors (Lipinski definition) is 1. The van der Waals surface area contributed by atoms with E-state index in [0.717, 1.165) is 12.5 Å². The largest absolute Gasteiger partial charge is 0.396 e. The van der Waals surface area contributed by atoms with Crippen molar-refractivity contribution in [3.63, 3.8) is 0 Å². The lowest BCUT2D eigenvalue weighted by atomic mass is 9.91. The second kappa shape index (κ2) is 5.99. The van der Waals surface area contributed by atoms with Crippen LogP contribution in [0, 0.1) is 11.8 Å². The van der Waals surface area contributed by atoms with Gasteiger partial charge in [0, 0.05) is 39.3 Å². The van der Waals surface area contributed by atoms with Crippen molar-refractivity contribution in [2.24, 2.45) is 11.8 Å². The van der Waals surface area contributed by atoms with Gasteiger partial charge in [0.05, 0.1) is 0 Å². The molecule has 0 radical (unpaired) electrons. The Morgan fingerprint density at radius 2 is 1.75 bits per heavy atom. The Morgan fingerprint density at radius 3 is 2.31 bits per heavy atom. The summed E-state index contributed by atoms with van der Waals surface area (Å²) < 4.78 is 0. The van der Waals surface area contributed by atoms with E-state index in [9.17, 15) is 5.11 Å². The molecule has 0 amide bonds. The summed E-state index contributed by atoms with van der Waals surface area (Å²) in [4.78, 5) is 4.93. The lowest BCUT2D eigenvalue weighted by molar-refractivity contribution is 0.0895. The molecule has 2 fully saturated rings. The van der Waals surface area contributed by atoms with Gasteiger partial charge in [0.2, 0.25) is 0 Å². The first-order valence-electron chi connectivity index (χ1n) is 6.81. The SMILES string of the molecule is CN1CCN(CC(CO)C2CCCC2)CC1. The maximum Gasteiger partial charge on any atom is 0.0474 e. The minimum absolute atomic E-state index is 0.386. The van der Waals surface area contributed by atoms with Crippen LogP contribution >= 0.6 is 0 Å². The molecule has 0 aromatic heterocycles. The summed E-state index contributed by atoms with van der Waals surface area (Å²) in [6, 6.07) is 0. The van der Waals surface area contributed by atoms with Crippen molar-refractivity contribution in [1.82, 2.24) is 9.80 Å². The number of aliphatic hydroxyl groups is 1. The highest BCUT2D eigenvalue weighted by Gasteiger charge is 2.27. The maximum absolute atomic E-state index is 9.53. The molecular weight excluding hydrogens is 200 g/mol. The summed E-state index contributed by atoms with van der Waals surface area (Å²) in [6.07, 6.45) is 5.45. The molecular formula is C13H26N2O. The van der Waals surface area contributed by atoms with E-state index in [1.807, 2.05) is 0 Å². The van der Waals surface area contributed by atoms with Gasteiger partial charge in [-0.3, -0.25) is 0 Å². The van der Waals surface area contributed by atoms with Crippen molar-refractivity contribution in [3.05, 3.63) is 0 Å². The van der Waals surface area contributed by atoms with Crippen molar-refractivity contribution in [2.75, 3.05) is 46.4 Å². The number of aliphatic hydroxyl groups excluding tert-OH is 1. The van der Waals surface area contributed by atoms with E-state index in [0.29, 0.717) is 12.5 Å². The van der Waals surface area contributed by atoms with Crippen molar-refractivity contribution < 1.29 is 5.11 Å². The van der Waals surface area contributed by atoms with Crippen LogP contribution in [0.1, 0.15) is 25.7 Å². The molecule has 1 atom stereocenters. The number of rotatable bonds is 4. The molecule has 3 heteroatoms. The predicted octanol–water partition coefficient (Wildman–Crippen LogP) is 1.03. The van der Waals surface area contributed by atoms with Gasteiger partial charge in [-0.25, -0.2) is 0 Å². The molecule has 0 aromatic rings. The van der Waals surface area contributed by atoms with Crippen molar-refractivity contribution in [3.8, 4) is 0 Å². The lowest BCUT2D eigenvalue weighted by Gasteiger charge is -2.35. The van der Waals surface area contributed by atoms with E-state index in [4.69, 9.17) is 0 Å². The summed E-state index contributed by atoms with van der Waals surface area (Å²) in [7, 11) is 2.19. The summed E-state index contributed by atoms with van der Waals surface area (Å²) in [6.45, 7) is 6.23. The quantitative estimate of drug-likeness (QED) is 0.776. The predicted molar refractivity (Wildman–Crippen MR) is 66.5 cm³/mol. The third-order valence-corrected chi connectivity index (χ3v) is 4.39. The molecule has 1 unspecified atom stereocenters. The normalized spacial score (nSPS) is 27.4. The standard InChI is InChI=1S/C13H26N2O/c1-14-6-8-15(9-7-14)10-13(11-16)12-4-2-3-5-12/h12-13,16H,2-11H2,1H3. The number of nitrogens with zero attached hydrogens (tertiary/aromatic N) is 2.